The maximum atomic E-state index is 12.8. The Morgan fingerprint density at radius 3 is 2.92 bits per heavy atom. The molecular formula is C19H28N2O4. The van der Waals surface area contributed by atoms with E-state index in [-0.39, 0.29) is 29.5 Å². The molecule has 1 aliphatic heterocycles. The summed E-state index contributed by atoms with van der Waals surface area (Å²) in [6.07, 6.45) is 4.34. The van der Waals surface area contributed by atoms with Crippen molar-refractivity contribution in [3.63, 3.8) is 0 Å². The zero-order chi connectivity index (χ0) is 17.8. The zero-order valence-electron chi connectivity index (χ0n) is 15.0. The lowest BCUT2D eigenvalue weighted by Crippen LogP contribution is -2.43. The number of rotatable bonds is 6. The normalized spacial score (nSPS) is 24.1. The van der Waals surface area contributed by atoms with Crippen LogP contribution in [0.5, 0.6) is 0 Å². The van der Waals surface area contributed by atoms with Crippen molar-refractivity contribution in [3.8, 4) is 0 Å². The van der Waals surface area contributed by atoms with Crippen LogP contribution in [-0.2, 0) is 20.7 Å². The highest BCUT2D eigenvalue weighted by Crippen LogP contribution is 2.28. The average Bonchev–Trinajstić information content (AvgIpc) is 3.08. The van der Waals surface area contributed by atoms with E-state index < -0.39 is 6.10 Å². The van der Waals surface area contributed by atoms with E-state index in [0.29, 0.717) is 6.61 Å². The molecule has 25 heavy (non-hydrogen) atoms. The highest BCUT2D eigenvalue weighted by atomic mass is 16.5. The number of carbonyl (C=O) groups excluding carboxylic acids is 1. The summed E-state index contributed by atoms with van der Waals surface area (Å²) in [7, 11) is 0. The predicted octanol–water partition coefficient (Wildman–Crippen LogP) is 2.09. The van der Waals surface area contributed by atoms with Gasteiger partial charge in [0, 0.05) is 18.4 Å². The van der Waals surface area contributed by atoms with Crippen LogP contribution in [0.3, 0.4) is 0 Å². The van der Waals surface area contributed by atoms with Gasteiger partial charge >= 0.3 is 0 Å². The first-order valence-corrected chi connectivity index (χ1v) is 9.30. The summed E-state index contributed by atoms with van der Waals surface area (Å²) in [5, 5.41) is 3.12. The van der Waals surface area contributed by atoms with Crippen molar-refractivity contribution in [1.82, 2.24) is 10.3 Å². The van der Waals surface area contributed by atoms with Crippen molar-refractivity contribution < 1.29 is 14.3 Å². The molecule has 138 valence electrons. The molecule has 0 aromatic carbocycles. The molecule has 3 rings (SSSR count). The molecule has 1 fully saturated rings. The van der Waals surface area contributed by atoms with E-state index in [2.05, 4.69) is 10.3 Å². The molecule has 6 nitrogen and oxygen atoms in total. The van der Waals surface area contributed by atoms with Gasteiger partial charge in [0.1, 0.15) is 6.10 Å². The molecule has 1 aromatic rings. The third-order valence-electron chi connectivity index (χ3n) is 5.00. The number of nitrogens with one attached hydrogen (secondary N) is 2. The molecule has 3 atom stereocenters. The van der Waals surface area contributed by atoms with E-state index in [4.69, 9.17) is 9.47 Å². The summed E-state index contributed by atoms with van der Waals surface area (Å²) in [4.78, 5) is 27.2. The van der Waals surface area contributed by atoms with E-state index in [1.54, 1.807) is 0 Å². The number of aromatic amines is 1. The molecule has 2 heterocycles. The number of amides is 1. The molecule has 1 aliphatic carbocycles. The smallest absolute Gasteiger partial charge is 0.249 e. The summed E-state index contributed by atoms with van der Waals surface area (Å²) < 4.78 is 11.5. The lowest BCUT2D eigenvalue weighted by atomic mass is 9.91. The molecule has 0 bridgehead atoms. The van der Waals surface area contributed by atoms with E-state index >= 15 is 0 Å². The molecule has 0 spiro atoms. The van der Waals surface area contributed by atoms with Crippen LogP contribution >= 0.6 is 0 Å². The molecule has 1 saturated heterocycles. The largest absolute Gasteiger partial charge is 0.376 e. The molecule has 0 saturated carbocycles. The first-order chi connectivity index (χ1) is 12.0. The minimum atomic E-state index is -0.489. The van der Waals surface area contributed by atoms with Gasteiger partial charge in [0.25, 0.3) is 0 Å². The van der Waals surface area contributed by atoms with Crippen molar-refractivity contribution in [2.24, 2.45) is 5.92 Å². The lowest BCUT2D eigenvalue weighted by Gasteiger charge is -2.29. The minimum Gasteiger partial charge on any atom is -0.376 e. The van der Waals surface area contributed by atoms with Crippen LogP contribution in [0.15, 0.2) is 16.9 Å². The average molecular weight is 348 g/mol. The Morgan fingerprint density at radius 2 is 2.20 bits per heavy atom. The number of pyridine rings is 1. The number of hydrogen-bond acceptors (Lipinski definition) is 4. The maximum Gasteiger partial charge on any atom is 0.249 e. The summed E-state index contributed by atoms with van der Waals surface area (Å²) in [5.74, 6) is -0.00269. The van der Waals surface area contributed by atoms with Gasteiger partial charge in [0.2, 0.25) is 11.5 Å². The molecule has 6 heteroatoms. The van der Waals surface area contributed by atoms with Crippen LogP contribution in [0.4, 0.5) is 0 Å². The molecule has 0 radical (unpaired) electrons. The number of aromatic nitrogens is 1. The van der Waals surface area contributed by atoms with Crippen LogP contribution in [0.1, 0.15) is 56.8 Å². The Morgan fingerprint density at radius 1 is 1.36 bits per heavy atom. The monoisotopic (exact) mass is 348 g/mol. The van der Waals surface area contributed by atoms with Gasteiger partial charge in [-0.2, -0.15) is 0 Å². The van der Waals surface area contributed by atoms with Crippen molar-refractivity contribution in [2.45, 2.75) is 64.2 Å². The molecule has 1 amide bonds. The molecule has 2 aliphatic rings. The van der Waals surface area contributed by atoms with E-state index in [9.17, 15) is 9.59 Å². The van der Waals surface area contributed by atoms with Crippen LogP contribution in [0.2, 0.25) is 0 Å². The second kappa shape index (κ2) is 8.15. The fourth-order valence-electron chi connectivity index (χ4n) is 3.66. The Balaban J connectivity index is 1.64. The van der Waals surface area contributed by atoms with Crippen molar-refractivity contribution >= 4 is 5.91 Å². The van der Waals surface area contributed by atoms with Crippen LogP contribution in [0, 0.1) is 5.92 Å². The second-order valence-electron chi connectivity index (χ2n) is 7.34. The van der Waals surface area contributed by atoms with Crippen molar-refractivity contribution in [3.05, 3.63) is 33.7 Å². The zero-order valence-corrected chi connectivity index (χ0v) is 15.0. The van der Waals surface area contributed by atoms with Crippen molar-refractivity contribution in [1.29, 1.82) is 0 Å². The van der Waals surface area contributed by atoms with Crippen LogP contribution in [0.25, 0.3) is 0 Å². The van der Waals surface area contributed by atoms with Gasteiger partial charge < -0.3 is 19.8 Å². The number of carbonyl (C=O) groups is 1. The lowest BCUT2D eigenvalue weighted by molar-refractivity contribution is -0.139. The van der Waals surface area contributed by atoms with E-state index in [0.717, 1.165) is 50.0 Å². The quantitative estimate of drug-likeness (QED) is 0.825. The molecule has 2 N–H and O–H groups in total. The van der Waals surface area contributed by atoms with Gasteiger partial charge in [0.15, 0.2) is 0 Å². The summed E-state index contributed by atoms with van der Waals surface area (Å²) >= 11 is 0. The minimum absolute atomic E-state index is 0.0688. The Hall–Kier alpha value is -1.66. The number of H-pyrrole nitrogens is 1. The van der Waals surface area contributed by atoms with E-state index in [1.807, 2.05) is 19.9 Å². The first-order valence-electron chi connectivity index (χ1n) is 9.30. The fourth-order valence-corrected chi connectivity index (χ4v) is 3.66. The fraction of sp³-hybridized carbons (Fsp3) is 0.684. The third-order valence-corrected chi connectivity index (χ3v) is 5.00. The van der Waals surface area contributed by atoms with Gasteiger partial charge in [-0.1, -0.05) is 13.8 Å². The molecular weight excluding hydrogens is 320 g/mol. The van der Waals surface area contributed by atoms with Crippen LogP contribution in [-0.4, -0.2) is 36.3 Å². The third kappa shape index (κ3) is 4.50. The predicted molar refractivity (Wildman–Crippen MR) is 94.4 cm³/mol. The van der Waals surface area contributed by atoms with Gasteiger partial charge in [-0.15, -0.1) is 0 Å². The van der Waals surface area contributed by atoms with Gasteiger partial charge in [-0.05, 0) is 49.7 Å². The summed E-state index contributed by atoms with van der Waals surface area (Å²) in [6.45, 7) is 5.23. The number of ether oxygens (including phenoxy) is 2. The Labute approximate surface area is 148 Å². The Bertz CT molecular complexity index is 649. The second-order valence-corrected chi connectivity index (χ2v) is 7.34. The highest BCUT2D eigenvalue weighted by Gasteiger charge is 2.29. The van der Waals surface area contributed by atoms with Crippen LogP contribution < -0.4 is 10.9 Å². The number of hydrogen-bond donors (Lipinski definition) is 2. The first kappa shape index (κ1) is 18.1. The topological polar surface area (TPSA) is 80.4 Å². The van der Waals surface area contributed by atoms with Gasteiger partial charge in [0.05, 0.1) is 18.8 Å². The number of fused-ring (bicyclic) bond motifs is 1. The molecule has 1 aromatic heterocycles. The Kier molecular flexibility index (Phi) is 5.91. The van der Waals surface area contributed by atoms with Gasteiger partial charge in [-0.3, -0.25) is 9.59 Å². The summed E-state index contributed by atoms with van der Waals surface area (Å²) in [5.41, 5.74) is 1.86. The van der Waals surface area contributed by atoms with Gasteiger partial charge in [-0.25, -0.2) is 0 Å². The standard InChI is InChI=1S/C19H28N2O4/c1-12(2)18(25-11-13-5-4-10-24-13)19(23)21-16-7-3-6-15-14(16)8-9-17(22)20-15/h8-9,12-13,16,18H,3-7,10-11H2,1-2H3,(H,20,22)(H,21,23)/t13-,16+,18-/m0/s1. The summed E-state index contributed by atoms with van der Waals surface area (Å²) in [6, 6.07) is 3.29. The van der Waals surface area contributed by atoms with E-state index in [1.165, 1.54) is 6.07 Å². The SMILES string of the molecule is CC(C)[C@H](OC[C@@H]1CCCO1)C(=O)N[C@@H]1CCCc2[nH]c(=O)ccc21. The molecule has 0 unspecified atom stereocenters. The highest BCUT2D eigenvalue weighted by molar-refractivity contribution is 5.81. The van der Waals surface area contributed by atoms with Crippen molar-refractivity contribution in [2.75, 3.05) is 13.2 Å². The maximum absolute atomic E-state index is 12.8. The number of aryl methyl sites for hydroxylation is 1.